The second-order valence-corrected chi connectivity index (χ2v) is 4.96. The summed E-state index contributed by atoms with van der Waals surface area (Å²) in [5, 5.41) is 9.32. The minimum atomic E-state index is -0.977. The minimum absolute atomic E-state index is 0.253. The summed E-state index contributed by atoms with van der Waals surface area (Å²) in [6.07, 6.45) is 3.69. The number of rotatable bonds is 4. The molecule has 0 amide bonds. The van der Waals surface area contributed by atoms with Gasteiger partial charge in [-0.2, -0.15) is 0 Å². The van der Waals surface area contributed by atoms with Crippen molar-refractivity contribution in [1.29, 1.82) is 0 Å². The number of carbonyl (C=O) groups is 1. The van der Waals surface area contributed by atoms with E-state index in [0.717, 1.165) is 18.5 Å². The zero-order chi connectivity index (χ0) is 12.6. The normalized spacial score (nSPS) is 15.7. The lowest BCUT2D eigenvalue weighted by Crippen LogP contribution is -2.52. The molecule has 1 aromatic rings. The van der Waals surface area contributed by atoms with Gasteiger partial charge in [-0.15, -0.1) is 0 Å². The van der Waals surface area contributed by atoms with Gasteiger partial charge in [0, 0.05) is 17.9 Å². The zero-order valence-corrected chi connectivity index (χ0v) is 10.3. The summed E-state index contributed by atoms with van der Waals surface area (Å²) >= 11 is 0. The Balaban J connectivity index is 2.39. The van der Waals surface area contributed by atoms with E-state index >= 15 is 0 Å². The van der Waals surface area contributed by atoms with Crippen LogP contribution in [0.25, 0.3) is 0 Å². The lowest BCUT2D eigenvalue weighted by atomic mass is 10.0. The first kappa shape index (κ1) is 11.8. The first-order chi connectivity index (χ1) is 7.93. The van der Waals surface area contributed by atoms with E-state index in [0.29, 0.717) is 5.95 Å². The van der Waals surface area contributed by atoms with Gasteiger partial charge in [0.25, 0.3) is 0 Å². The molecule has 1 aliphatic carbocycles. The number of aryl methyl sites for hydroxylation is 1. The highest BCUT2D eigenvalue weighted by Gasteiger charge is 2.44. The third-order valence-corrected chi connectivity index (χ3v) is 3.04. The lowest BCUT2D eigenvalue weighted by Gasteiger charge is -2.35. The van der Waals surface area contributed by atoms with Crippen molar-refractivity contribution in [3.8, 4) is 0 Å². The molecule has 2 rings (SSSR count). The second-order valence-electron chi connectivity index (χ2n) is 4.96. The second kappa shape index (κ2) is 3.98. The molecule has 0 aliphatic heterocycles. The average Bonchev–Trinajstić information content (AvgIpc) is 3.01. The van der Waals surface area contributed by atoms with Crippen LogP contribution >= 0.6 is 0 Å². The van der Waals surface area contributed by atoms with Crippen molar-refractivity contribution in [2.45, 2.75) is 45.2 Å². The van der Waals surface area contributed by atoms with Gasteiger partial charge in [0.05, 0.1) is 0 Å². The van der Waals surface area contributed by atoms with E-state index in [4.69, 9.17) is 0 Å². The molecule has 92 valence electrons. The Morgan fingerprint density at radius 1 is 1.53 bits per heavy atom. The fourth-order valence-corrected chi connectivity index (χ4v) is 1.86. The van der Waals surface area contributed by atoms with Crippen LogP contribution in [0.2, 0.25) is 0 Å². The van der Waals surface area contributed by atoms with Crippen molar-refractivity contribution in [2.75, 3.05) is 4.90 Å². The summed E-state index contributed by atoms with van der Waals surface area (Å²) in [5.41, 5.74) is -0.128. The average molecular weight is 235 g/mol. The van der Waals surface area contributed by atoms with Gasteiger partial charge in [0.1, 0.15) is 5.54 Å². The van der Waals surface area contributed by atoms with Crippen LogP contribution in [0, 0.1) is 6.92 Å². The maximum absolute atomic E-state index is 11.4. The number of hydrogen-bond acceptors (Lipinski definition) is 4. The maximum atomic E-state index is 11.4. The van der Waals surface area contributed by atoms with Crippen molar-refractivity contribution in [3.05, 3.63) is 18.0 Å². The van der Waals surface area contributed by atoms with E-state index in [1.54, 1.807) is 20.0 Å². The summed E-state index contributed by atoms with van der Waals surface area (Å²) in [4.78, 5) is 21.7. The van der Waals surface area contributed by atoms with E-state index < -0.39 is 11.5 Å². The molecule has 0 saturated heterocycles. The lowest BCUT2D eigenvalue weighted by molar-refractivity contribution is -0.142. The summed E-state index contributed by atoms with van der Waals surface area (Å²) in [7, 11) is 0. The highest BCUT2D eigenvalue weighted by molar-refractivity contribution is 5.82. The van der Waals surface area contributed by atoms with Gasteiger partial charge in [0.15, 0.2) is 0 Å². The van der Waals surface area contributed by atoms with Crippen LogP contribution in [-0.4, -0.2) is 32.6 Å². The Bertz CT molecular complexity index is 441. The molecule has 1 N–H and O–H groups in total. The zero-order valence-electron chi connectivity index (χ0n) is 10.3. The molecular formula is C12H17N3O2. The van der Waals surface area contributed by atoms with Gasteiger partial charge in [-0.25, -0.2) is 14.8 Å². The predicted octanol–water partition coefficient (Wildman–Crippen LogP) is 1.62. The van der Waals surface area contributed by atoms with Crippen LogP contribution in [0.5, 0.6) is 0 Å². The fraction of sp³-hybridized carbons (Fsp3) is 0.583. The molecule has 1 heterocycles. The smallest absolute Gasteiger partial charge is 0.329 e. The molecular weight excluding hydrogens is 218 g/mol. The van der Waals surface area contributed by atoms with Crippen LogP contribution in [0.15, 0.2) is 12.3 Å². The third kappa shape index (κ3) is 2.23. The third-order valence-electron chi connectivity index (χ3n) is 3.04. The number of anilines is 1. The first-order valence-corrected chi connectivity index (χ1v) is 5.75. The maximum Gasteiger partial charge on any atom is 0.329 e. The Labute approximate surface area is 100 Å². The van der Waals surface area contributed by atoms with Crippen molar-refractivity contribution >= 4 is 11.9 Å². The summed E-state index contributed by atoms with van der Waals surface area (Å²) in [5.74, 6) is -0.339. The molecule has 1 saturated carbocycles. The van der Waals surface area contributed by atoms with Gasteiger partial charge in [0.2, 0.25) is 5.95 Å². The van der Waals surface area contributed by atoms with Crippen molar-refractivity contribution in [1.82, 2.24) is 9.97 Å². The van der Waals surface area contributed by atoms with E-state index in [1.165, 1.54) is 0 Å². The number of nitrogens with zero attached hydrogens (tertiary/aromatic N) is 3. The molecule has 5 nitrogen and oxygen atoms in total. The number of aromatic nitrogens is 2. The van der Waals surface area contributed by atoms with Gasteiger partial charge in [-0.05, 0) is 39.7 Å². The number of aliphatic carboxylic acids is 1. The molecule has 0 radical (unpaired) electrons. The quantitative estimate of drug-likeness (QED) is 0.859. The Kier molecular flexibility index (Phi) is 2.77. The van der Waals surface area contributed by atoms with Crippen LogP contribution in [0.1, 0.15) is 32.4 Å². The van der Waals surface area contributed by atoms with Crippen molar-refractivity contribution < 1.29 is 9.90 Å². The topological polar surface area (TPSA) is 66.3 Å². The van der Waals surface area contributed by atoms with Gasteiger partial charge < -0.3 is 10.0 Å². The first-order valence-electron chi connectivity index (χ1n) is 5.75. The fourth-order valence-electron chi connectivity index (χ4n) is 1.86. The van der Waals surface area contributed by atoms with E-state index in [-0.39, 0.29) is 6.04 Å². The molecule has 1 aliphatic rings. The predicted molar refractivity (Wildman–Crippen MR) is 64.0 cm³/mol. The Morgan fingerprint density at radius 2 is 2.18 bits per heavy atom. The Hall–Kier alpha value is -1.65. The molecule has 0 spiro atoms. The summed E-state index contributed by atoms with van der Waals surface area (Å²) in [6.45, 7) is 5.27. The molecule has 17 heavy (non-hydrogen) atoms. The standard InChI is InChI=1S/C12H17N3O2/c1-8-6-7-13-11(14-8)15(9-4-5-9)12(2,3)10(16)17/h6-7,9H,4-5H2,1-3H3,(H,16,17). The van der Waals surface area contributed by atoms with E-state index in [2.05, 4.69) is 9.97 Å². The number of carboxylic acid groups (broad SMARTS) is 1. The molecule has 0 aromatic carbocycles. The van der Waals surface area contributed by atoms with Gasteiger partial charge in [-0.1, -0.05) is 0 Å². The molecule has 0 bridgehead atoms. The molecule has 0 atom stereocenters. The minimum Gasteiger partial charge on any atom is -0.480 e. The number of carboxylic acids is 1. The van der Waals surface area contributed by atoms with Crippen molar-refractivity contribution in [2.24, 2.45) is 0 Å². The van der Waals surface area contributed by atoms with E-state index in [9.17, 15) is 9.90 Å². The number of hydrogen-bond donors (Lipinski definition) is 1. The highest BCUT2D eigenvalue weighted by Crippen LogP contribution is 2.35. The Morgan fingerprint density at radius 3 is 2.65 bits per heavy atom. The van der Waals surface area contributed by atoms with Crippen LogP contribution in [0.3, 0.4) is 0 Å². The van der Waals surface area contributed by atoms with Crippen molar-refractivity contribution in [3.63, 3.8) is 0 Å². The van der Waals surface area contributed by atoms with Crippen LogP contribution < -0.4 is 4.90 Å². The summed E-state index contributed by atoms with van der Waals surface area (Å²) in [6, 6.07) is 2.06. The molecule has 5 heteroatoms. The van der Waals surface area contributed by atoms with E-state index in [1.807, 2.05) is 17.9 Å². The largest absolute Gasteiger partial charge is 0.480 e. The van der Waals surface area contributed by atoms with Crippen LogP contribution in [-0.2, 0) is 4.79 Å². The highest BCUT2D eigenvalue weighted by atomic mass is 16.4. The summed E-state index contributed by atoms with van der Waals surface area (Å²) < 4.78 is 0. The molecule has 1 fully saturated rings. The molecule has 0 unspecified atom stereocenters. The van der Waals surface area contributed by atoms with Gasteiger partial charge >= 0.3 is 5.97 Å². The SMILES string of the molecule is Cc1ccnc(N(C2CC2)C(C)(C)C(=O)O)n1. The van der Waals surface area contributed by atoms with Crippen LogP contribution in [0.4, 0.5) is 5.95 Å². The monoisotopic (exact) mass is 235 g/mol. The molecule has 1 aromatic heterocycles. The van der Waals surface area contributed by atoms with Gasteiger partial charge in [-0.3, -0.25) is 0 Å².